The zero-order chi connectivity index (χ0) is 14.0. The highest BCUT2D eigenvalue weighted by atomic mass is 15.3. The number of likely N-dealkylation sites (N-methyl/N-ethyl adjacent to an activating group) is 1. The van der Waals surface area contributed by atoms with Crippen molar-refractivity contribution in [2.24, 2.45) is 5.73 Å². The normalized spacial score (nSPS) is 25.4. The van der Waals surface area contributed by atoms with Gasteiger partial charge in [0.2, 0.25) is 0 Å². The average Bonchev–Trinajstić information content (AvgIpc) is 2.50. The summed E-state index contributed by atoms with van der Waals surface area (Å²) in [6, 6.07) is 7.68. The first kappa shape index (κ1) is 14.4. The Kier molecular flexibility index (Phi) is 4.48. The molecule has 2 unspecified atom stereocenters. The molecule has 1 saturated heterocycles. The van der Waals surface area contributed by atoms with Crippen LogP contribution in [0.5, 0.6) is 0 Å². The predicted octanol–water partition coefficient (Wildman–Crippen LogP) is 2.16. The van der Waals surface area contributed by atoms with Crippen molar-refractivity contribution in [2.45, 2.75) is 39.3 Å². The van der Waals surface area contributed by atoms with E-state index in [9.17, 15) is 0 Å². The molecule has 1 aromatic rings. The number of aryl methyl sites for hydroxylation is 2. The molecule has 3 nitrogen and oxygen atoms in total. The molecule has 1 aliphatic heterocycles. The van der Waals surface area contributed by atoms with Crippen molar-refractivity contribution in [2.75, 3.05) is 31.6 Å². The Morgan fingerprint density at radius 2 is 2.05 bits per heavy atom. The molecule has 0 aromatic heterocycles. The second-order valence-electron chi connectivity index (χ2n) is 5.99. The van der Waals surface area contributed by atoms with Crippen molar-refractivity contribution in [3.05, 3.63) is 29.3 Å². The Morgan fingerprint density at radius 3 is 2.68 bits per heavy atom. The molecule has 3 heteroatoms. The highest BCUT2D eigenvalue weighted by Crippen LogP contribution is 2.28. The number of nitrogens with two attached hydrogens (primary N) is 1. The van der Waals surface area contributed by atoms with Crippen molar-refractivity contribution in [1.82, 2.24) is 4.90 Å². The van der Waals surface area contributed by atoms with Gasteiger partial charge in [0.15, 0.2) is 0 Å². The standard InChI is InChI=1S/C16H27N3/c1-12-5-6-16(13(2)9-12)19-14(3)7-8-18(4)11-15(19)10-17/h5-6,9,14-15H,7-8,10-11,17H2,1-4H3. The third kappa shape index (κ3) is 3.10. The van der Waals surface area contributed by atoms with Crippen LogP contribution < -0.4 is 10.6 Å². The Labute approximate surface area is 117 Å². The summed E-state index contributed by atoms with van der Waals surface area (Å²) in [5, 5.41) is 0. The highest BCUT2D eigenvalue weighted by molar-refractivity contribution is 5.56. The van der Waals surface area contributed by atoms with Gasteiger partial charge in [-0.05, 0) is 52.4 Å². The van der Waals surface area contributed by atoms with E-state index in [2.05, 4.69) is 55.8 Å². The topological polar surface area (TPSA) is 32.5 Å². The summed E-state index contributed by atoms with van der Waals surface area (Å²) in [4.78, 5) is 4.94. The fourth-order valence-corrected chi connectivity index (χ4v) is 3.16. The van der Waals surface area contributed by atoms with Crippen LogP contribution >= 0.6 is 0 Å². The Bertz CT molecular complexity index is 430. The van der Waals surface area contributed by atoms with Crippen LogP contribution in [0.15, 0.2) is 18.2 Å². The third-order valence-corrected chi connectivity index (χ3v) is 4.22. The lowest BCUT2D eigenvalue weighted by Gasteiger charge is -2.37. The molecule has 2 N–H and O–H groups in total. The Hall–Kier alpha value is -1.06. The number of hydrogen-bond donors (Lipinski definition) is 1. The molecule has 1 aromatic carbocycles. The molecule has 106 valence electrons. The van der Waals surface area contributed by atoms with Crippen LogP contribution in [-0.4, -0.2) is 43.7 Å². The van der Waals surface area contributed by atoms with Gasteiger partial charge in [0, 0.05) is 24.8 Å². The van der Waals surface area contributed by atoms with Crippen molar-refractivity contribution in [3.63, 3.8) is 0 Å². The number of benzene rings is 1. The second-order valence-corrected chi connectivity index (χ2v) is 5.99. The van der Waals surface area contributed by atoms with Crippen molar-refractivity contribution < 1.29 is 0 Å². The zero-order valence-electron chi connectivity index (χ0n) is 12.7. The summed E-state index contributed by atoms with van der Waals surface area (Å²) < 4.78 is 0. The fraction of sp³-hybridized carbons (Fsp3) is 0.625. The molecule has 2 rings (SSSR count). The first-order chi connectivity index (χ1) is 9.02. The fourth-order valence-electron chi connectivity index (χ4n) is 3.16. The van der Waals surface area contributed by atoms with Gasteiger partial charge in [-0.2, -0.15) is 0 Å². The van der Waals surface area contributed by atoms with Gasteiger partial charge < -0.3 is 15.5 Å². The maximum atomic E-state index is 6.04. The van der Waals surface area contributed by atoms with Crippen molar-refractivity contribution in [1.29, 1.82) is 0 Å². The summed E-state index contributed by atoms with van der Waals surface area (Å²) in [6.07, 6.45) is 1.19. The van der Waals surface area contributed by atoms with E-state index in [1.807, 2.05) is 0 Å². The third-order valence-electron chi connectivity index (χ3n) is 4.22. The first-order valence-corrected chi connectivity index (χ1v) is 7.27. The summed E-state index contributed by atoms with van der Waals surface area (Å²) in [7, 11) is 2.20. The molecule has 1 aliphatic rings. The molecule has 0 bridgehead atoms. The summed E-state index contributed by atoms with van der Waals surface area (Å²) in [5.41, 5.74) is 10.1. The Balaban J connectivity index is 2.37. The molecule has 1 fully saturated rings. The monoisotopic (exact) mass is 261 g/mol. The number of nitrogens with zero attached hydrogens (tertiary/aromatic N) is 2. The van der Waals surface area contributed by atoms with Crippen LogP contribution in [0.2, 0.25) is 0 Å². The van der Waals surface area contributed by atoms with Crippen LogP contribution in [0.1, 0.15) is 24.5 Å². The SMILES string of the molecule is Cc1ccc(N2C(C)CCN(C)CC2CN)c(C)c1. The smallest absolute Gasteiger partial charge is 0.0542 e. The Morgan fingerprint density at radius 1 is 1.32 bits per heavy atom. The number of hydrogen-bond acceptors (Lipinski definition) is 3. The highest BCUT2D eigenvalue weighted by Gasteiger charge is 2.28. The lowest BCUT2D eigenvalue weighted by atomic mass is 10.0. The average molecular weight is 261 g/mol. The van der Waals surface area contributed by atoms with E-state index in [1.54, 1.807) is 0 Å². The van der Waals surface area contributed by atoms with Gasteiger partial charge in [-0.15, -0.1) is 0 Å². The lowest BCUT2D eigenvalue weighted by Crippen LogP contribution is -2.48. The minimum absolute atomic E-state index is 0.406. The lowest BCUT2D eigenvalue weighted by molar-refractivity contribution is 0.332. The van der Waals surface area contributed by atoms with Gasteiger partial charge >= 0.3 is 0 Å². The van der Waals surface area contributed by atoms with Crippen molar-refractivity contribution in [3.8, 4) is 0 Å². The summed E-state index contributed by atoms with van der Waals surface area (Å²) in [5.74, 6) is 0. The van der Waals surface area contributed by atoms with Crippen molar-refractivity contribution >= 4 is 5.69 Å². The van der Waals surface area contributed by atoms with Gasteiger partial charge in [0.25, 0.3) is 0 Å². The van der Waals surface area contributed by atoms with Crippen LogP contribution in [0.3, 0.4) is 0 Å². The van der Waals surface area contributed by atoms with E-state index in [-0.39, 0.29) is 0 Å². The van der Waals surface area contributed by atoms with E-state index in [0.717, 1.165) is 13.1 Å². The van der Waals surface area contributed by atoms with Crippen LogP contribution in [0.4, 0.5) is 5.69 Å². The molecule has 1 heterocycles. The van der Waals surface area contributed by atoms with Crippen LogP contribution in [-0.2, 0) is 0 Å². The number of anilines is 1. The zero-order valence-corrected chi connectivity index (χ0v) is 12.7. The van der Waals surface area contributed by atoms with Crippen LogP contribution in [0.25, 0.3) is 0 Å². The molecule has 0 amide bonds. The maximum absolute atomic E-state index is 6.04. The quantitative estimate of drug-likeness (QED) is 0.885. The van der Waals surface area contributed by atoms with E-state index in [1.165, 1.54) is 23.2 Å². The molecule has 0 radical (unpaired) electrons. The molecular weight excluding hydrogens is 234 g/mol. The van der Waals surface area contributed by atoms with Crippen LogP contribution in [0, 0.1) is 13.8 Å². The van der Waals surface area contributed by atoms with Gasteiger partial charge in [0.05, 0.1) is 6.04 Å². The predicted molar refractivity (Wildman–Crippen MR) is 82.8 cm³/mol. The van der Waals surface area contributed by atoms with Gasteiger partial charge in [-0.25, -0.2) is 0 Å². The van der Waals surface area contributed by atoms with Gasteiger partial charge in [-0.1, -0.05) is 17.7 Å². The summed E-state index contributed by atoms with van der Waals surface area (Å²) in [6.45, 7) is 9.59. The number of rotatable bonds is 2. The summed E-state index contributed by atoms with van der Waals surface area (Å²) >= 11 is 0. The minimum Gasteiger partial charge on any atom is -0.363 e. The van der Waals surface area contributed by atoms with E-state index < -0.39 is 0 Å². The molecular formula is C16H27N3. The van der Waals surface area contributed by atoms with E-state index >= 15 is 0 Å². The van der Waals surface area contributed by atoms with Gasteiger partial charge in [-0.3, -0.25) is 0 Å². The minimum atomic E-state index is 0.406. The molecule has 0 saturated carbocycles. The van der Waals surface area contributed by atoms with E-state index in [0.29, 0.717) is 18.6 Å². The largest absolute Gasteiger partial charge is 0.363 e. The molecule has 0 spiro atoms. The van der Waals surface area contributed by atoms with E-state index in [4.69, 9.17) is 5.73 Å². The second kappa shape index (κ2) is 5.93. The molecule has 2 atom stereocenters. The molecule has 0 aliphatic carbocycles. The first-order valence-electron chi connectivity index (χ1n) is 7.27. The maximum Gasteiger partial charge on any atom is 0.0542 e. The van der Waals surface area contributed by atoms with Gasteiger partial charge in [0.1, 0.15) is 0 Å². The molecule has 19 heavy (non-hydrogen) atoms.